The van der Waals surface area contributed by atoms with Gasteiger partial charge in [0.2, 0.25) is 11.5 Å². The summed E-state index contributed by atoms with van der Waals surface area (Å²) in [7, 11) is 1.66. The Labute approximate surface area is 207 Å². The molecular formula is C25H36ClN5O3. The van der Waals surface area contributed by atoms with Crippen LogP contribution in [0.25, 0.3) is 5.65 Å². The Bertz CT molecular complexity index is 1270. The summed E-state index contributed by atoms with van der Waals surface area (Å²) in [4.78, 5) is 13.4. The smallest absolute Gasteiger partial charge is 0.242 e. The lowest BCUT2D eigenvalue weighted by Gasteiger charge is -2.28. The van der Waals surface area contributed by atoms with Crippen molar-refractivity contribution in [3.05, 3.63) is 51.6 Å². The van der Waals surface area contributed by atoms with Crippen molar-refractivity contribution >= 4 is 23.8 Å². The second-order valence-electron chi connectivity index (χ2n) is 9.89. The average Bonchev–Trinajstić information content (AvgIpc) is 3.06. The standard InChI is InChI=1S/C25H35N5O3.ClH/c1-10-33-22-16(3)15(2)21-27-29(23(26)30(21)28-22)14-20(31)17-11-18(24(4,5)6)13-19(12-17)25(7,8)32-9;/h11-13,26H,10,14H2,1-9H3;1H. The van der Waals surface area contributed by atoms with E-state index in [-0.39, 0.29) is 35.8 Å². The Morgan fingerprint density at radius 3 is 2.21 bits per heavy atom. The third-order valence-corrected chi connectivity index (χ3v) is 6.17. The highest BCUT2D eigenvalue weighted by atomic mass is 35.5. The van der Waals surface area contributed by atoms with E-state index in [1.807, 2.05) is 46.8 Å². The molecule has 0 aliphatic heterocycles. The molecule has 3 aromatic rings. The van der Waals surface area contributed by atoms with Crippen molar-refractivity contribution in [2.75, 3.05) is 13.7 Å². The third kappa shape index (κ3) is 5.18. The van der Waals surface area contributed by atoms with Crippen LogP contribution < -0.4 is 10.4 Å². The highest BCUT2D eigenvalue weighted by molar-refractivity contribution is 5.96. The Morgan fingerprint density at radius 2 is 1.65 bits per heavy atom. The number of halogens is 1. The number of aromatic nitrogens is 4. The molecule has 8 nitrogen and oxygen atoms in total. The van der Waals surface area contributed by atoms with Gasteiger partial charge in [-0.3, -0.25) is 10.2 Å². The average molecular weight is 490 g/mol. The van der Waals surface area contributed by atoms with Crippen LogP contribution in [0, 0.1) is 19.3 Å². The molecule has 9 heteroatoms. The number of nitrogens with one attached hydrogen (secondary N) is 1. The molecule has 1 N–H and O–H groups in total. The van der Waals surface area contributed by atoms with Crippen LogP contribution in [0.5, 0.6) is 5.88 Å². The van der Waals surface area contributed by atoms with Crippen molar-refractivity contribution in [3.63, 3.8) is 0 Å². The first-order valence-electron chi connectivity index (χ1n) is 11.2. The molecule has 0 fully saturated rings. The molecule has 0 spiro atoms. The summed E-state index contributed by atoms with van der Waals surface area (Å²) in [5, 5.41) is 17.5. The van der Waals surface area contributed by atoms with Crippen LogP contribution >= 0.6 is 12.4 Å². The van der Waals surface area contributed by atoms with Gasteiger partial charge in [-0.25, -0.2) is 4.68 Å². The maximum Gasteiger partial charge on any atom is 0.242 e. The predicted octanol–water partition coefficient (Wildman–Crippen LogP) is 4.51. The molecule has 0 saturated heterocycles. The van der Waals surface area contributed by atoms with Crippen LogP contribution in [0.1, 0.15) is 74.2 Å². The van der Waals surface area contributed by atoms with Crippen molar-refractivity contribution in [1.29, 1.82) is 5.41 Å². The molecule has 186 valence electrons. The first-order valence-corrected chi connectivity index (χ1v) is 11.2. The van der Waals surface area contributed by atoms with Gasteiger partial charge in [-0.1, -0.05) is 26.8 Å². The first kappa shape index (κ1) is 27.5. The number of Topliss-reactive ketones (excluding diaryl/α,β-unsaturated/α-hetero) is 1. The van der Waals surface area contributed by atoms with Gasteiger partial charge in [0, 0.05) is 23.8 Å². The van der Waals surface area contributed by atoms with Crippen molar-refractivity contribution in [2.45, 2.75) is 73.0 Å². The lowest BCUT2D eigenvalue weighted by Crippen LogP contribution is -2.27. The quantitative estimate of drug-likeness (QED) is 0.493. The zero-order valence-corrected chi connectivity index (χ0v) is 22.4. The van der Waals surface area contributed by atoms with Crippen molar-refractivity contribution in [3.8, 4) is 5.88 Å². The SMILES string of the molecule is CCOc1nn2c(=N)n(CC(=O)c3cc(C(C)(C)C)cc(C(C)(C)OC)c3)nc2c(C)c1C.Cl. The summed E-state index contributed by atoms with van der Waals surface area (Å²) in [6.07, 6.45) is 0. The largest absolute Gasteiger partial charge is 0.477 e. The number of methoxy groups -OCH3 is 1. The van der Waals surface area contributed by atoms with Crippen molar-refractivity contribution in [2.24, 2.45) is 0 Å². The highest BCUT2D eigenvalue weighted by Gasteiger charge is 2.25. The number of carbonyl (C=O) groups is 1. The van der Waals surface area contributed by atoms with Crippen LogP contribution in [-0.4, -0.2) is 38.9 Å². The number of fused-ring (bicyclic) bond motifs is 1. The number of aryl methyl sites for hydroxylation is 1. The molecule has 0 saturated carbocycles. The van der Waals surface area contributed by atoms with E-state index in [2.05, 4.69) is 37.0 Å². The number of rotatable bonds is 7. The summed E-state index contributed by atoms with van der Waals surface area (Å²) < 4.78 is 14.1. The van der Waals surface area contributed by atoms with E-state index in [1.54, 1.807) is 7.11 Å². The normalized spacial score (nSPS) is 12.0. The molecule has 3 rings (SSSR count). The van der Waals surface area contributed by atoms with Gasteiger partial charge in [-0.2, -0.15) is 4.52 Å². The van der Waals surface area contributed by atoms with Gasteiger partial charge in [-0.15, -0.1) is 22.6 Å². The fraction of sp³-hybridized carbons (Fsp3) is 0.520. The van der Waals surface area contributed by atoms with Gasteiger partial charge in [0.1, 0.15) is 6.54 Å². The Kier molecular flexibility index (Phi) is 8.00. The van der Waals surface area contributed by atoms with E-state index in [9.17, 15) is 4.79 Å². The van der Waals surface area contributed by atoms with Crippen LogP contribution in [0.3, 0.4) is 0 Å². The minimum absolute atomic E-state index is 0. The number of nitrogens with zero attached hydrogens (tertiary/aromatic N) is 4. The fourth-order valence-corrected chi connectivity index (χ4v) is 3.53. The zero-order valence-electron chi connectivity index (χ0n) is 21.6. The number of ketones is 1. The summed E-state index contributed by atoms with van der Waals surface area (Å²) in [6, 6.07) is 5.90. The number of benzene rings is 1. The summed E-state index contributed by atoms with van der Waals surface area (Å²) >= 11 is 0. The molecule has 0 aliphatic carbocycles. The molecule has 2 aromatic heterocycles. The molecule has 34 heavy (non-hydrogen) atoms. The highest BCUT2D eigenvalue weighted by Crippen LogP contribution is 2.31. The van der Waals surface area contributed by atoms with Gasteiger partial charge >= 0.3 is 0 Å². The number of hydrogen-bond donors (Lipinski definition) is 1. The van der Waals surface area contributed by atoms with Gasteiger partial charge in [0.15, 0.2) is 11.4 Å². The topological polar surface area (TPSA) is 94.5 Å². The summed E-state index contributed by atoms with van der Waals surface area (Å²) in [5.74, 6) is 0.340. The number of carbonyl (C=O) groups excluding carboxylic acids is 1. The van der Waals surface area contributed by atoms with E-state index >= 15 is 0 Å². The minimum Gasteiger partial charge on any atom is -0.477 e. The maximum atomic E-state index is 13.4. The van der Waals surface area contributed by atoms with Crippen molar-refractivity contribution in [1.82, 2.24) is 19.4 Å². The van der Waals surface area contributed by atoms with Crippen LogP contribution in [-0.2, 0) is 22.3 Å². The molecule has 2 heterocycles. The number of hydrogen-bond acceptors (Lipinski definition) is 6. The Hall–Kier alpha value is -2.71. The summed E-state index contributed by atoms with van der Waals surface area (Å²) in [6.45, 7) is 16.4. The molecule has 0 unspecified atom stereocenters. The molecule has 0 bridgehead atoms. The molecule has 0 radical (unpaired) electrons. The zero-order chi connectivity index (χ0) is 24.7. The van der Waals surface area contributed by atoms with Crippen LogP contribution in [0.15, 0.2) is 18.2 Å². The van der Waals surface area contributed by atoms with E-state index in [0.29, 0.717) is 23.7 Å². The van der Waals surface area contributed by atoms with Gasteiger partial charge in [0.25, 0.3) is 0 Å². The lowest BCUT2D eigenvalue weighted by molar-refractivity contribution is 0.0191. The predicted molar refractivity (Wildman–Crippen MR) is 134 cm³/mol. The van der Waals surface area contributed by atoms with Crippen LogP contribution in [0.2, 0.25) is 0 Å². The lowest BCUT2D eigenvalue weighted by atomic mass is 9.82. The Morgan fingerprint density at radius 1 is 1.03 bits per heavy atom. The second-order valence-corrected chi connectivity index (χ2v) is 9.89. The van der Waals surface area contributed by atoms with Gasteiger partial charge in [0.05, 0.1) is 12.2 Å². The number of ether oxygens (including phenoxy) is 2. The minimum atomic E-state index is -0.540. The molecule has 0 amide bonds. The third-order valence-electron chi connectivity index (χ3n) is 6.17. The Balaban J connectivity index is 0.00000408. The van der Waals surface area contributed by atoms with Gasteiger partial charge in [-0.05, 0) is 63.3 Å². The monoisotopic (exact) mass is 489 g/mol. The fourth-order valence-electron chi connectivity index (χ4n) is 3.53. The van der Waals surface area contributed by atoms with Crippen molar-refractivity contribution < 1.29 is 14.3 Å². The van der Waals surface area contributed by atoms with E-state index in [1.165, 1.54) is 9.20 Å². The van der Waals surface area contributed by atoms with E-state index < -0.39 is 5.60 Å². The van der Waals surface area contributed by atoms with Gasteiger partial charge < -0.3 is 9.47 Å². The second kappa shape index (κ2) is 9.88. The van der Waals surface area contributed by atoms with E-state index in [0.717, 1.165) is 22.3 Å². The first-order chi connectivity index (χ1) is 15.3. The molecule has 1 aromatic carbocycles. The maximum absolute atomic E-state index is 13.4. The molecule has 0 aliphatic rings. The van der Waals surface area contributed by atoms with E-state index in [4.69, 9.17) is 14.9 Å². The summed E-state index contributed by atoms with van der Waals surface area (Å²) in [5.41, 5.74) is 4.17. The van der Waals surface area contributed by atoms with Crippen LogP contribution in [0.4, 0.5) is 0 Å². The molecule has 0 atom stereocenters. The molecular weight excluding hydrogens is 454 g/mol.